The van der Waals surface area contributed by atoms with E-state index in [0.717, 1.165) is 44.8 Å². The number of carbonyl (C=O) groups is 1. The van der Waals surface area contributed by atoms with E-state index in [-0.39, 0.29) is 5.41 Å². The van der Waals surface area contributed by atoms with E-state index in [4.69, 9.17) is 0 Å². The Labute approximate surface area is 161 Å². The number of piperidine rings is 1. The van der Waals surface area contributed by atoms with Gasteiger partial charge < -0.3 is 9.47 Å². The molecule has 1 spiro atoms. The second-order valence-corrected chi connectivity index (χ2v) is 7.99. The molecule has 2 aliphatic heterocycles. The molecule has 1 aromatic carbocycles. The number of likely N-dealkylation sites (tertiary alicyclic amines) is 2. The third kappa shape index (κ3) is 4.14. The van der Waals surface area contributed by atoms with Crippen LogP contribution in [-0.2, 0) is 18.4 Å². The molecule has 0 saturated carbocycles. The van der Waals surface area contributed by atoms with Gasteiger partial charge in [0.1, 0.15) is 5.82 Å². The monoisotopic (exact) mass is 364 g/mol. The highest BCUT2D eigenvalue weighted by Crippen LogP contribution is 2.41. The predicted octanol–water partition coefficient (Wildman–Crippen LogP) is 2.95. The second-order valence-electron chi connectivity index (χ2n) is 7.99. The molecular formula is C22H28N4O. The fourth-order valence-electron chi connectivity index (χ4n) is 4.30. The van der Waals surface area contributed by atoms with E-state index in [9.17, 15) is 4.79 Å². The number of carbonyl (C=O) groups excluding carboxylic acids is 1. The highest BCUT2D eigenvalue weighted by molar-refractivity contribution is 5.79. The molecular weight excluding hydrogens is 336 g/mol. The van der Waals surface area contributed by atoms with Gasteiger partial charge in [-0.3, -0.25) is 9.69 Å². The molecule has 0 bridgehead atoms. The molecule has 2 saturated heterocycles. The summed E-state index contributed by atoms with van der Waals surface area (Å²) in [4.78, 5) is 21.5. The molecule has 2 aliphatic rings. The van der Waals surface area contributed by atoms with Gasteiger partial charge >= 0.3 is 0 Å². The number of benzene rings is 1. The summed E-state index contributed by atoms with van der Waals surface area (Å²) >= 11 is 0. The van der Waals surface area contributed by atoms with Crippen molar-refractivity contribution in [2.45, 2.75) is 25.8 Å². The van der Waals surface area contributed by atoms with Crippen LogP contribution in [0.5, 0.6) is 0 Å². The largest absolute Gasteiger partial charge is 0.338 e. The van der Waals surface area contributed by atoms with E-state index in [2.05, 4.69) is 38.7 Å². The average Bonchev–Trinajstić information content (AvgIpc) is 3.21. The van der Waals surface area contributed by atoms with Crippen LogP contribution in [0.3, 0.4) is 0 Å². The zero-order valence-corrected chi connectivity index (χ0v) is 16.1. The van der Waals surface area contributed by atoms with Gasteiger partial charge in [-0.1, -0.05) is 42.5 Å². The Balaban J connectivity index is 1.30. The number of amides is 1. The van der Waals surface area contributed by atoms with Gasteiger partial charge in [0.05, 0.1) is 6.54 Å². The van der Waals surface area contributed by atoms with Crippen molar-refractivity contribution in [3.05, 3.63) is 60.2 Å². The Morgan fingerprint density at radius 1 is 1.19 bits per heavy atom. The van der Waals surface area contributed by atoms with Crippen LogP contribution in [0.4, 0.5) is 0 Å². The standard InChI is InChI=1S/C22H28N4O/c1-24-15-11-23-20(24)17-25-13-9-22(10-14-25)16-21(27)26(18-22)12-5-8-19-6-3-2-4-7-19/h2-8,11,15H,9-10,12-14,16-18H2,1H3/b8-5+. The number of hydrogen-bond acceptors (Lipinski definition) is 3. The third-order valence-electron chi connectivity index (χ3n) is 6.04. The zero-order valence-electron chi connectivity index (χ0n) is 16.1. The Bertz CT molecular complexity index is 803. The Kier molecular flexibility index (Phi) is 5.12. The predicted molar refractivity (Wildman–Crippen MR) is 107 cm³/mol. The number of aromatic nitrogens is 2. The minimum atomic E-state index is 0.176. The summed E-state index contributed by atoms with van der Waals surface area (Å²) in [6.07, 6.45) is 11.0. The fraction of sp³-hybridized carbons (Fsp3) is 0.455. The van der Waals surface area contributed by atoms with Crippen LogP contribution in [0.2, 0.25) is 0 Å². The fourth-order valence-corrected chi connectivity index (χ4v) is 4.30. The maximum Gasteiger partial charge on any atom is 0.223 e. The summed E-state index contributed by atoms with van der Waals surface area (Å²) in [5.41, 5.74) is 1.36. The molecule has 1 amide bonds. The van der Waals surface area contributed by atoms with Crippen molar-refractivity contribution < 1.29 is 4.79 Å². The van der Waals surface area contributed by atoms with E-state index < -0.39 is 0 Å². The molecule has 4 rings (SSSR count). The number of rotatable bonds is 5. The first-order chi connectivity index (χ1) is 13.1. The van der Waals surface area contributed by atoms with Gasteiger partial charge in [0.2, 0.25) is 5.91 Å². The molecule has 0 atom stereocenters. The van der Waals surface area contributed by atoms with E-state index in [1.165, 1.54) is 5.56 Å². The SMILES string of the molecule is Cn1ccnc1CN1CCC2(CC1)CC(=O)N(C/C=C/c1ccccc1)C2. The van der Waals surface area contributed by atoms with Gasteiger partial charge in [-0.2, -0.15) is 0 Å². The minimum absolute atomic E-state index is 0.176. The maximum atomic E-state index is 12.5. The average molecular weight is 364 g/mol. The topological polar surface area (TPSA) is 41.4 Å². The first-order valence-corrected chi connectivity index (χ1v) is 9.82. The van der Waals surface area contributed by atoms with Crippen LogP contribution < -0.4 is 0 Å². The van der Waals surface area contributed by atoms with Gasteiger partial charge in [0, 0.05) is 39.0 Å². The molecule has 5 nitrogen and oxygen atoms in total. The lowest BCUT2D eigenvalue weighted by molar-refractivity contribution is -0.127. The molecule has 27 heavy (non-hydrogen) atoms. The molecule has 0 unspecified atom stereocenters. The van der Waals surface area contributed by atoms with Gasteiger partial charge in [0.15, 0.2) is 0 Å². The minimum Gasteiger partial charge on any atom is -0.338 e. The lowest BCUT2D eigenvalue weighted by atomic mass is 9.77. The van der Waals surface area contributed by atoms with Crippen LogP contribution in [0.1, 0.15) is 30.7 Å². The van der Waals surface area contributed by atoms with Gasteiger partial charge in [-0.25, -0.2) is 4.98 Å². The maximum absolute atomic E-state index is 12.5. The summed E-state index contributed by atoms with van der Waals surface area (Å²) in [6, 6.07) is 10.3. The van der Waals surface area contributed by atoms with Gasteiger partial charge in [-0.15, -0.1) is 0 Å². The van der Waals surface area contributed by atoms with E-state index in [1.807, 2.05) is 42.5 Å². The lowest BCUT2D eigenvalue weighted by Gasteiger charge is -2.38. The quantitative estimate of drug-likeness (QED) is 0.819. The number of hydrogen-bond donors (Lipinski definition) is 0. The smallest absolute Gasteiger partial charge is 0.223 e. The van der Waals surface area contributed by atoms with E-state index >= 15 is 0 Å². The lowest BCUT2D eigenvalue weighted by Crippen LogP contribution is -2.41. The number of aryl methyl sites for hydroxylation is 1. The van der Waals surface area contributed by atoms with Crippen molar-refractivity contribution in [3.8, 4) is 0 Å². The highest BCUT2D eigenvalue weighted by atomic mass is 16.2. The summed E-state index contributed by atoms with van der Waals surface area (Å²) in [7, 11) is 2.05. The molecule has 0 aliphatic carbocycles. The summed E-state index contributed by atoms with van der Waals surface area (Å²) in [5.74, 6) is 1.42. The molecule has 5 heteroatoms. The third-order valence-corrected chi connectivity index (χ3v) is 6.04. The summed E-state index contributed by atoms with van der Waals surface area (Å²) < 4.78 is 2.09. The van der Waals surface area contributed by atoms with E-state index in [0.29, 0.717) is 18.9 Å². The second kappa shape index (κ2) is 7.69. The van der Waals surface area contributed by atoms with Crippen LogP contribution in [0.25, 0.3) is 6.08 Å². The molecule has 0 radical (unpaired) electrons. The van der Waals surface area contributed by atoms with Crippen molar-refractivity contribution in [1.82, 2.24) is 19.4 Å². The first kappa shape index (κ1) is 18.0. The summed E-state index contributed by atoms with van der Waals surface area (Å²) in [6.45, 7) is 4.62. The van der Waals surface area contributed by atoms with Crippen molar-refractivity contribution in [3.63, 3.8) is 0 Å². The van der Waals surface area contributed by atoms with Crippen LogP contribution in [0, 0.1) is 5.41 Å². The van der Waals surface area contributed by atoms with Crippen molar-refractivity contribution in [1.29, 1.82) is 0 Å². The van der Waals surface area contributed by atoms with Crippen molar-refractivity contribution in [2.24, 2.45) is 12.5 Å². The summed E-state index contributed by atoms with van der Waals surface area (Å²) in [5, 5.41) is 0. The Hall–Kier alpha value is -2.40. The highest BCUT2D eigenvalue weighted by Gasteiger charge is 2.44. The molecule has 3 heterocycles. The molecule has 0 N–H and O–H groups in total. The normalized spacial score (nSPS) is 20.2. The molecule has 2 aromatic rings. The number of imidazole rings is 1. The van der Waals surface area contributed by atoms with Crippen LogP contribution in [-0.4, -0.2) is 51.4 Å². The molecule has 142 valence electrons. The van der Waals surface area contributed by atoms with Crippen LogP contribution in [0.15, 0.2) is 48.8 Å². The van der Waals surface area contributed by atoms with Gasteiger partial charge in [0.25, 0.3) is 0 Å². The van der Waals surface area contributed by atoms with Crippen molar-refractivity contribution in [2.75, 3.05) is 26.2 Å². The van der Waals surface area contributed by atoms with Gasteiger partial charge in [-0.05, 0) is 36.9 Å². The molecule has 1 aromatic heterocycles. The Morgan fingerprint density at radius 2 is 1.96 bits per heavy atom. The zero-order chi connectivity index (χ0) is 18.7. The van der Waals surface area contributed by atoms with Crippen LogP contribution >= 0.6 is 0 Å². The van der Waals surface area contributed by atoms with Crippen molar-refractivity contribution >= 4 is 12.0 Å². The number of nitrogens with zero attached hydrogens (tertiary/aromatic N) is 4. The Morgan fingerprint density at radius 3 is 2.67 bits per heavy atom. The van der Waals surface area contributed by atoms with E-state index in [1.54, 1.807) is 0 Å². The first-order valence-electron chi connectivity index (χ1n) is 9.82. The molecule has 2 fully saturated rings.